The molecule has 0 spiro atoms. The van der Waals surface area contributed by atoms with Gasteiger partial charge in [0.1, 0.15) is 0 Å². The molecule has 0 aromatic heterocycles. The largest absolute Gasteiger partial charge is 0.383 e. The van der Waals surface area contributed by atoms with Crippen LogP contribution in [-0.2, 0) is 19.6 Å². The molecule has 1 aromatic rings. The Morgan fingerprint density at radius 1 is 1.17 bits per heavy atom. The number of methoxy groups -OCH3 is 1. The molecule has 1 N–H and O–H groups in total. The van der Waals surface area contributed by atoms with Gasteiger partial charge in [0.25, 0.3) is 5.91 Å². The average molecular weight is 426 g/mol. The maximum absolute atomic E-state index is 12.9. The number of nitrogens with one attached hydrogen (secondary N) is 1. The molecule has 1 saturated heterocycles. The summed E-state index contributed by atoms with van der Waals surface area (Å²) in [4.78, 5) is 25.8. The number of likely N-dealkylation sites (N-methyl/N-ethyl adjacent to an activating group) is 1. The van der Waals surface area contributed by atoms with Crippen molar-refractivity contribution in [1.29, 1.82) is 0 Å². The molecule has 0 aliphatic carbocycles. The standard InChI is InChI=1S/C20H31N3O5S/c1-15-11-16(2)13-23(12-15)29(26,27)18-7-5-17(6-8-18)20(25)22(3)14-19(24)21-9-10-28-4/h5-8,15-16H,9-14H2,1-4H3,(H,21,24)/t15-,16-/m1/s1. The molecule has 0 bridgehead atoms. The smallest absolute Gasteiger partial charge is 0.254 e. The molecule has 0 radical (unpaired) electrons. The Balaban J connectivity index is 2.03. The third-order valence-electron chi connectivity index (χ3n) is 4.93. The predicted octanol–water partition coefficient (Wildman–Crippen LogP) is 1.19. The van der Waals surface area contributed by atoms with Crippen LogP contribution in [0.25, 0.3) is 0 Å². The summed E-state index contributed by atoms with van der Waals surface area (Å²) < 4.78 is 32.3. The summed E-state index contributed by atoms with van der Waals surface area (Å²) in [6.07, 6.45) is 1.02. The Hall–Kier alpha value is -1.97. The van der Waals surface area contributed by atoms with Crippen molar-refractivity contribution in [2.45, 2.75) is 25.2 Å². The minimum absolute atomic E-state index is 0.0911. The SMILES string of the molecule is COCCNC(=O)CN(C)C(=O)c1ccc(S(=O)(=O)N2C[C@H](C)C[C@@H](C)C2)cc1. The van der Waals surface area contributed by atoms with Crippen LogP contribution in [0.3, 0.4) is 0 Å². The number of piperidine rings is 1. The fourth-order valence-corrected chi connectivity index (χ4v) is 5.26. The van der Waals surface area contributed by atoms with E-state index in [0.29, 0.717) is 43.6 Å². The van der Waals surface area contributed by atoms with Gasteiger partial charge in [0, 0.05) is 39.4 Å². The summed E-state index contributed by atoms with van der Waals surface area (Å²) in [5.41, 5.74) is 0.330. The van der Waals surface area contributed by atoms with Gasteiger partial charge in [-0.3, -0.25) is 9.59 Å². The van der Waals surface area contributed by atoms with Crippen molar-refractivity contribution < 1.29 is 22.7 Å². The van der Waals surface area contributed by atoms with Crippen molar-refractivity contribution >= 4 is 21.8 Å². The molecule has 2 rings (SSSR count). The highest BCUT2D eigenvalue weighted by Gasteiger charge is 2.31. The van der Waals surface area contributed by atoms with E-state index in [0.717, 1.165) is 6.42 Å². The van der Waals surface area contributed by atoms with Gasteiger partial charge in [-0.05, 0) is 42.5 Å². The Bertz CT molecular complexity index is 800. The van der Waals surface area contributed by atoms with Gasteiger partial charge in [-0.1, -0.05) is 13.8 Å². The lowest BCUT2D eigenvalue weighted by molar-refractivity contribution is -0.121. The third kappa shape index (κ3) is 6.25. The van der Waals surface area contributed by atoms with Crippen LogP contribution in [0.5, 0.6) is 0 Å². The topological polar surface area (TPSA) is 96.0 Å². The van der Waals surface area contributed by atoms with Crippen LogP contribution in [0.1, 0.15) is 30.6 Å². The van der Waals surface area contributed by atoms with Crippen LogP contribution >= 0.6 is 0 Å². The minimum atomic E-state index is -3.59. The number of hydrogen-bond acceptors (Lipinski definition) is 5. The van der Waals surface area contributed by atoms with Crippen molar-refractivity contribution in [3.63, 3.8) is 0 Å². The zero-order valence-electron chi connectivity index (χ0n) is 17.6. The highest BCUT2D eigenvalue weighted by atomic mass is 32.2. The monoisotopic (exact) mass is 425 g/mol. The van der Waals surface area contributed by atoms with Crippen molar-refractivity contribution in [1.82, 2.24) is 14.5 Å². The van der Waals surface area contributed by atoms with Gasteiger partial charge in [-0.15, -0.1) is 0 Å². The van der Waals surface area contributed by atoms with E-state index in [-0.39, 0.29) is 23.3 Å². The lowest BCUT2D eigenvalue weighted by Crippen LogP contribution is -2.42. The first-order chi connectivity index (χ1) is 13.6. The molecule has 0 saturated carbocycles. The normalized spacial score (nSPS) is 20.3. The number of benzene rings is 1. The van der Waals surface area contributed by atoms with E-state index >= 15 is 0 Å². The number of nitrogens with zero attached hydrogens (tertiary/aromatic N) is 2. The van der Waals surface area contributed by atoms with Gasteiger partial charge in [-0.25, -0.2) is 8.42 Å². The van der Waals surface area contributed by atoms with E-state index in [2.05, 4.69) is 19.2 Å². The Morgan fingerprint density at radius 3 is 2.31 bits per heavy atom. The van der Waals surface area contributed by atoms with E-state index in [9.17, 15) is 18.0 Å². The van der Waals surface area contributed by atoms with Crippen LogP contribution in [0.4, 0.5) is 0 Å². The molecule has 1 aliphatic rings. The van der Waals surface area contributed by atoms with Crippen LogP contribution in [-0.4, -0.2) is 76.4 Å². The van der Waals surface area contributed by atoms with Crippen LogP contribution < -0.4 is 5.32 Å². The highest BCUT2D eigenvalue weighted by molar-refractivity contribution is 7.89. The first kappa shape index (κ1) is 23.3. The zero-order chi connectivity index (χ0) is 21.6. The maximum Gasteiger partial charge on any atom is 0.254 e. The molecule has 29 heavy (non-hydrogen) atoms. The Labute approximate surface area is 173 Å². The Kier molecular flexibility index (Phi) is 8.18. The molecule has 2 amide bonds. The van der Waals surface area contributed by atoms with E-state index in [4.69, 9.17) is 4.74 Å². The molecule has 1 fully saturated rings. The second-order valence-electron chi connectivity index (χ2n) is 7.80. The van der Waals surface area contributed by atoms with E-state index in [1.165, 1.54) is 47.6 Å². The number of hydrogen-bond donors (Lipinski definition) is 1. The van der Waals surface area contributed by atoms with Crippen LogP contribution in [0.2, 0.25) is 0 Å². The number of carbonyl (C=O) groups excluding carboxylic acids is 2. The molecular weight excluding hydrogens is 394 g/mol. The van der Waals surface area contributed by atoms with Crippen molar-refractivity contribution in [2.75, 3.05) is 46.9 Å². The maximum atomic E-state index is 12.9. The summed E-state index contributed by atoms with van der Waals surface area (Å²) in [5, 5.41) is 2.65. The first-order valence-corrected chi connectivity index (χ1v) is 11.2. The summed E-state index contributed by atoms with van der Waals surface area (Å²) >= 11 is 0. The van der Waals surface area contributed by atoms with Crippen LogP contribution in [0, 0.1) is 11.8 Å². The number of amides is 2. The van der Waals surface area contributed by atoms with Gasteiger partial charge in [0.2, 0.25) is 15.9 Å². The zero-order valence-corrected chi connectivity index (χ0v) is 18.4. The number of sulfonamides is 1. The summed E-state index contributed by atoms with van der Waals surface area (Å²) in [7, 11) is -0.523. The highest BCUT2D eigenvalue weighted by Crippen LogP contribution is 2.26. The molecule has 0 unspecified atom stereocenters. The second kappa shape index (κ2) is 10.2. The molecule has 9 heteroatoms. The Morgan fingerprint density at radius 2 is 1.76 bits per heavy atom. The molecule has 162 valence electrons. The molecule has 2 atom stereocenters. The summed E-state index contributed by atoms with van der Waals surface area (Å²) in [6, 6.07) is 5.90. The van der Waals surface area contributed by atoms with Crippen molar-refractivity contribution in [3.8, 4) is 0 Å². The third-order valence-corrected chi connectivity index (χ3v) is 6.78. The lowest BCUT2D eigenvalue weighted by Gasteiger charge is -2.34. The molecule has 1 aromatic carbocycles. The van der Waals surface area contributed by atoms with Gasteiger partial charge < -0.3 is 15.0 Å². The van der Waals surface area contributed by atoms with E-state index in [1.807, 2.05) is 0 Å². The predicted molar refractivity (Wildman–Crippen MR) is 110 cm³/mol. The molecule has 8 nitrogen and oxygen atoms in total. The number of ether oxygens (including phenoxy) is 1. The quantitative estimate of drug-likeness (QED) is 0.631. The first-order valence-electron chi connectivity index (χ1n) is 9.76. The molecule has 1 aliphatic heterocycles. The van der Waals surface area contributed by atoms with Gasteiger partial charge in [0.05, 0.1) is 18.0 Å². The van der Waals surface area contributed by atoms with Gasteiger partial charge in [-0.2, -0.15) is 4.31 Å². The average Bonchev–Trinajstić information content (AvgIpc) is 2.67. The van der Waals surface area contributed by atoms with Gasteiger partial charge in [0.15, 0.2) is 0 Å². The fraction of sp³-hybridized carbons (Fsp3) is 0.600. The summed E-state index contributed by atoms with van der Waals surface area (Å²) in [5.74, 6) is -0.00221. The van der Waals surface area contributed by atoms with E-state index < -0.39 is 10.0 Å². The van der Waals surface area contributed by atoms with Gasteiger partial charge >= 0.3 is 0 Å². The van der Waals surface area contributed by atoms with Crippen molar-refractivity contribution in [2.24, 2.45) is 11.8 Å². The van der Waals surface area contributed by atoms with Crippen molar-refractivity contribution in [3.05, 3.63) is 29.8 Å². The molecule has 1 heterocycles. The second-order valence-corrected chi connectivity index (χ2v) is 9.73. The summed E-state index contributed by atoms with van der Waals surface area (Å²) in [6.45, 7) is 5.81. The minimum Gasteiger partial charge on any atom is -0.383 e. The number of carbonyl (C=O) groups is 2. The van der Waals surface area contributed by atoms with E-state index in [1.54, 1.807) is 0 Å². The lowest BCUT2D eigenvalue weighted by atomic mass is 9.94. The number of rotatable bonds is 8. The fourth-order valence-electron chi connectivity index (χ4n) is 3.58. The molecular formula is C20H31N3O5S. The van der Waals surface area contributed by atoms with Crippen LogP contribution in [0.15, 0.2) is 29.2 Å².